The molecule has 2 aliphatic rings. The summed E-state index contributed by atoms with van der Waals surface area (Å²) >= 11 is 8.83. The Morgan fingerprint density at radius 2 is 1.11 bits per heavy atom. The van der Waals surface area contributed by atoms with Crippen LogP contribution < -0.4 is 25.5 Å². The summed E-state index contributed by atoms with van der Waals surface area (Å²) in [4.78, 5) is 15.3. The highest BCUT2D eigenvalue weighted by Gasteiger charge is 2.20. The van der Waals surface area contributed by atoms with Gasteiger partial charge in [-0.3, -0.25) is 10.6 Å². The quantitative estimate of drug-likeness (QED) is 0.0357. The summed E-state index contributed by atoms with van der Waals surface area (Å²) in [7, 11) is 3.29. The molecule has 0 saturated carbocycles. The fraction of sp³-hybridized carbons (Fsp3) is 0.328. The van der Waals surface area contributed by atoms with Crippen molar-refractivity contribution in [3.8, 4) is 28.6 Å². The number of nitrogens with zero attached hydrogens (tertiary/aromatic N) is 6. The summed E-state index contributed by atoms with van der Waals surface area (Å²) in [6.07, 6.45) is 12.3. The number of anilines is 1. The van der Waals surface area contributed by atoms with E-state index in [0.717, 1.165) is 111 Å². The van der Waals surface area contributed by atoms with Crippen LogP contribution in [0.25, 0.3) is 33.2 Å². The molecule has 0 radical (unpaired) electrons. The van der Waals surface area contributed by atoms with Crippen LogP contribution in [0.3, 0.4) is 0 Å². The SMILES string of the molecule is C.CC1CCCN1CCCCl.CC1CCCN1CCCOc1ccc(-n2ncc3ccccc32)cc1.COc1ccc(-n2ncc3ccccc32)cc1.COc1ccc(NN)cc1.Cl.O=Cc1ccccc1Br. The number of carbonyl (C=O) groups is 1. The molecular weight excluding hydrogens is 1020 g/mol. The maximum absolute atomic E-state index is 10.2. The van der Waals surface area contributed by atoms with Gasteiger partial charge in [-0.25, -0.2) is 9.36 Å². The Bertz CT molecular complexity index is 2750. The largest absolute Gasteiger partial charge is 0.497 e. The third-order valence-corrected chi connectivity index (χ3v) is 13.4. The monoisotopic (exact) mass is 1090 g/mol. The topological polar surface area (TPSA) is 125 Å². The first-order valence-electron chi connectivity index (χ1n) is 24.3. The summed E-state index contributed by atoms with van der Waals surface area (Å²) < 4.78 is 20.7. The zero-order chi connectivity index (χ0) is 50.2. The maximum Gasteiger partial charge on any atom is 0.151 e. The van der Waals surface area contributed by atoms with E-state index in [0.29, 0.717) is 5.56 Å². The summed E-state index contributed by atoms with van der Waals surface area (Å²) in [6.45, 7) is 10.3. The van der Waals surface area contributed by atoms with Crippen LogP contribution in [0, 0.1) is 0 Å². The van der Waals surface area contributed by atoms with Gasteiger partial charge in [0, 0.05) is 51.0 Å². The number of nitrogens with one attached hydrogen (secondary N) is 1. The third-order valence-electron chi connectivity index (χ3n) is 12.5. The number of likely N-dealkylation sites (tertiary alicyclic amines) is 2. The fourth-order valence-corrected chi connectivity index (χ4v) is 8.89. The average Bonchev–Trinajstić information content (AvgIpc) is 4.25. The van der Waals surface area contributed by atoms with Crippen molar-refractivity contribution in [3.63, 3.8) is 0 Å². The second-order valence-electron chi connectivity index (χ2n) is 17.2. The molecule has 15 heteroatoms. The molecule has 6 aromatic carbocycles. The highest BCUT2D eigenvalue weighted by molar-refractivity contribution is 9.10. The fourth-order valence-electron chi connectivity index (χ4n) is 8.39. The summed E-state index contributed by atoms with van der Waals surface area (Å²) in [5.41, 5.74) is 8.41. The Morgan fingerprint density at radius 3 is 1.53 bits per heavy atom. The zero-order valence-electron chi connectivity index (χ0n) is 41.8. The summed E-state index contributed by atoms with van der Waals surface area (Å²) in [5, 5.41) is 11.2. The van der Waals surface area contributed by atoms with Crippen LogP contribution in [0.4, 0.5) is 5.69 Å². The molecule has 12 nitrogen and oxygen atoms in total. The molecule has 10 rings (SSSR count). The Morgan fingerprint density at radius 1 is 0.658 bits per heavy atom. The molecule has 2 aromatic heterocycles. The molecule has 2 fully saturated rings. The number of hydrogen-bond acceptors (Lipinski definition) is 10. The molecule has 3 N–H and O–H groups in total. The van der Waals surface area contributed by atoms with Gasteiger partial charge >= 0.3 is 0 Å². The van der Waals surface area contributed by atoms with E-state index in [1.807, 2.05) is 125 Å². The van der Waals surface area contributed by atoms with Crippen LogP contribution in [-0.4, -0.2) is 101 Å². The number of aromatic nitrogens is 4. The Labute approximate surface area is 452 Å². The maximum atomic E-state index is 10.2. The van der Waals surface area contributed by atoms with Crippen molar-refractivity contribution < 1.29 is 19.0 Å². The van der Waals surface area contributed by atoms with Gasteiger partial charge in [0.15, 0.2) is 6.29 Å². The number of hydrogen-bond donors (Lipinski definition) is 2. The number of fused-ring (bicyclic) bond motifs is 2. The number of carbonyl (C=O) groups excluding carboxylic acids is 1. The van der Waals surface area contributed by atoms with Crippen LogP contribution in [0.1, 0.15) is 70.2 Å². The molecule has 2 atom stereocenters. The zero-order valence-corrected chi connectivity index (χ0v) is 44.9. The van der Waals surface area contributed by atoms with Crippen molar-refractivity contribution >= 4 is 73.7 Å². The van der Waals surface area contributed by atoms with E-state index >= 15 is 0 Å². The number of benzene rings is 6. The van der Waals surface area contributed by atoms with E-state index in [4.69, 9.17) is 31.7 Å². The number of para-hydroxylation sites is 2. The number of halogens is 3. The van der Waals surface area contributed by atoms with Crippen LogP contribution in [0.15, 0.2) is 162 Å². The number of aldehydes is 1. The lowest BCUT2D eigenvalue weighted by molar-refractivity contribution is 0.112. The predicted molar refractivity (Wildman–Crippen MR) is 309 cm³/mol. The van der Waals surface area contributed by atoms with Crippen molar-refractivity contribution in [1.82, 2.24) is 29.4 Å². The number of hydrazine groups is 1. The molecule has 8 aromatic rings. The first kappa shape index (κ1) is 59.6. The molecule has 0 amide bonds. The Balaban J connectivity index is 0.000000210. The van der Waals surface area contributed by atoms with Crippen molar-refractivity contribution in [1.29, 1.82) is 0 Å². The van der Waals surface area contributed by atoms with Gasteiger partial charge in [0.1, 0.15) is 17.2 Å². The molecule has 2 unspecified atom stereocenters. The number of ether oxygens (including phenoxy) is 3. The van der Waals surface area contributed by atoms with Gasteiger partial charge < -0.3 is 29.4 Å². The highest BCUT2D eigenvalue weighted by atomic mass is 79.9. The van der Waals surface area contributed by atoms with E-state index in [1.165, 1.54) is 45.3 Å². The van der Waals surface area contributed by atoms with Crippen LogP contribution >= 0.6 is 39.9 Å². The molecule has 73 heavy (non-hydrogen) atoms. The van der Waals surface area contributed by atoms with Gasteiger partial charge in [-0.05, 0) is 163 Å². The predicted octanol–water partition coefficient (Wildman–Crippen LogP) is 13.7. The van der Waals surface area contributed by atoms with Crippen molar-refractivity contribution in [2.24, 2.45) is 5.84 Å². The van der Waals surface area contributed by atoms with Gasteiger partial charge in [-0.15, -0.1) is 24.0 Å². The summed E-state index contributed by atoms with van der Waals surface area (Å²) in [5.74, 6) is 8.57. The molecule has 2 saturated heterocycles. The van der Waals surface area contributed by atoms with Crippen LogP contribution in [0.5, 0.6) is 17.2 Å². The number of nitrogen functional groups attached to an aromatic ring is 1. The number of methoxy groups -OCH3 is 2. The van der Waals surface area contributed by atoms with E-state index in [9.17, 15) is 4.79 Å². The molecule has 0 spiro atoms. The molecule has 0 aliphatic carbocycles. The van der Waals surface area contributed by atoms with Gasteiger partial charge in [0.25, 0.3) is 0 Å². The number of nitrogens with two attached hydrogens (primary N) is 1. The Kier molecular flexibility index (Phi) is 26.4. The van der Waals surface area contributed by atoms with Gasteiger partial charge in [-0.1, -0.05) is 78.0 Å². The molecular formula is C58H73BrCl2N8O4. The lowest BCUT2D eigenvalue weighted by Gasteiger charge is -2.20. The van der Waals surface area contributed by atoms with Gasteiger partial charge in [-0.2, -0.15) is 10.2 Å². The molecule has 2 aliphatic heterocycles. The van der Waals surface area contributed by atoms with Crippen molar-refractivity contribution in [3.05, 3.63) is 168 Å². The van der Waals surface area contributed by atoms with Gasteiger partial charge in [0.2, 0.25) is 0 Å². The van der Waals surface area contributed by atoms with Crippen molar-refractivity contribution in [2.75, 3.05) is 58.3 Å². The van der Waals surface area contributed by atoms with Crippen LogP contribution in [0.2, 0.25) is 0 Å². The Hall–Kier alpha value is -5.93. The summed E-state index contributed by atoms with van der Waals surface area (Å²) in [6, 6.07) is 48.7. The van der Waals surface area contributed by atoms with E-state index < -0.39 is 0 Å². The minimum Gasteiger partial charge on any atom is -0.497 e. The first-order valence-corrected chi connectivity index (χ1v) is 25.7. The van der Waals surface area contributed by atoms with Crippen molar-refractivity contribution in [2.45, 2.75) is 71.9 Å². The average molecular weight is 1100 g/mol. The highest BCUT2D eigenvalue weighted by Crippen LogP contribution is 2.23. The van der Waals surface area contributed by atoms with Crippen LogP contribution in [-0.2, 0) is 0 Å². The smallest absolute Gasteiger partial charge is 0.151 e. The second kappa shape index (κ2) is 32.3. The second-order valence-corrected chi connectivity index (χ2v) is 18.5. The molecule has 0 bridgehead atoms. The van der Waals surface area contributed by atoms with E-state index in [-0.39, 0.29) is 19.8 Å². The third kappa shape index (κ3) is 18.2. The lowest BCUT2D eigenvalue weighted by atomic mass is 10.2. The number of alkyl halides is 1. The molecule has 390 valence electrons. The number of rotatable bonds is 14. The molecule has 4 heterocycles. The normalized spacial score (nSPS) is 14.8. The minimum atomic E-state index is 0. The minimum absolute atomic E-state index is 0. The van der Waals surface area contributed by atoms with Gasteiger partial charge in [0.05, 0.1) is 55.6 Å². The van der Waals surface area contributed by atoms with E-state index in [2.05, 4.69) is 91.6 Å². The standard InChI is InChI=1S/C21H25N3O.C14H12N2O.C8H16ClN.C7H5BrO.C7H10N2O.CH4.ClH/c1-17-6-4-13-23(17)14-5-15-25-20-11-9-19(10-12-20)24-21-8-3-2-7-18(21)16-22-24;1-17-13-8-6-12(7-9-13)16-14-5-3-2-4-11(14)10-15-16;1-8-4-2-6-10(8)7-3-5-9;8-7-4-2-1-3-6(7)5-9;1-10-7-4-2-6(9-8)3-5-7;;/h2-3,7-12,16-17H,4-6,13-15H2,1H3;2-10H,1H3;8H,2-7H2,1H3;1-5H;2-5,9H,8H2,1H3;1H4;1H. The van der Waals surface area contributed by atoms with E-state index in [1.54, 1.807) is 20.3 Å². The first-order chi connectivity index (χ1) is 34.7. The lowest BCUT2D eigenvalue weighted by Crippen LogP contribution is -2.28.